The molecule has 0 saturated heterocycles. The summed E-state index contributed by atoms with van der Waals surface area (Å²) in [5.74, 6) is 0.207. The lowest BCUT2D eigenvalue weighted by Gasteiger charge is -2.07. The number of esters is 1. The highest BCUT2D eigenvalue weighted by Crippen LogP contribution is 2.25. The monoisotopic (exact) mass is 308 g/mol. The average Bonchev–Trinajstić information content (AvgIpc) is 2.96. The summed E-state index contributed by atoms with van der Waals surface area (Å²) in [5, 5.41) is 7.56. The van der Waals surface area contributed by atoms with E-state index >= 15 is 0 Å². The van der Waals surface area contributed by atoms with Gasteiger partial charge in [-0.25, -0.2) is 4.79 Å². The van der Waals surface area contributed by atoms with Crippen LogP contribution >= 0.6 is 0 Å². The molecule has 23 heavy (non-hydrogen) atoms. The van der Waals surface area contributed by atoms with Crippen LogP contribution in [0.4, 0.5) is 11.5 Å². The molecule has 0 amide bonds. The third-order valence-electron chi connectivity index (χ3n) is 3.44. The molecule has 0 atom stereocenters. The summed E-state index contributed by atoms with van der Waals surface area (Å²) in [7, 11) is 3.22. The fraction of sp³-hybridized carbons (Fsp3) is 0.118. The number of nitrogens with one attached hydrogen (secondary N) is 1. The van der Waals surface area contributed by atoms with Crippen LogP contribution in [0.5, 0.6) is 0 Å². The fourth-order valence-electron chi connectivity index (χ4n) is 2.33. The highest BCUT2D eigenvalue weighted by atomic mass is 16.5. The number of aryl methyl sites for hydroxylation is 1. The van der Waals surface area contributed by atoms with Crippen molar-refractivity contribution in [2.24, 2.45) is 7.05 Å². The highest BCUT2D eigenvalue weighted by molar-refractivity contribution is 5.96. The molecule has 0 aliphatic rings. The Bertz CT molecular complexity index is 828. The van der Waals surface area contributed by atoms with Gasteiger partial charge in [-0.15, -0.1) is 0 Å². The van der Waals surface area contributed by atoms with Crippen molar-refractivity contribution in [3.63, 3.8) is 0 Å². The lowest BCUT2D eigenvalue weighted by molar-refractivity contribution is 0.0602. The van der Waals surface area contributed by atoms with E-state index in [4.69, 9.17) is 4.74 Å². The Kier molecular flexibility index (Phi) is 4.05. The first-order chi connectivity index (χ1) is 11.2. The third kappa shape index (κ3) is 3.06. The van der Waals surface area contributed by atoms with Crippen molar-refractivity contribution in [2.75, 3.05) is 12.4 Å². The summed E-state index contributed by atoms with van der Waals surface area (Å²) in [6, 6.07) is 13.5. The minimum absolute atomic E-state index is 0.411. The van der Waals surface area contributed by atoms with Gasteiger partial charge in [0.05, 0.1) is 30.3 Å². The van der Waals surface area contributed by atoms with E-state index in [1.54, 1.807) is 23.1 Å². The molecule has 0 radical (unpaired) electrons. The smallest absolute Gasteiger partial charge is 0.340 e. The van der Waals surface area contributed by atoms with Crippen LogP contribution in [-0.2, 0) is 11.8 Å². The molecular weight excluding hydrogens is 292 g/mol. The number of benzene rings is 1. The molecule has 6 nitrogen and oxygen atoms in total. The molecule has 3 rings (SSSR count). The maximum atomic E-state index is 11.8. The zero-order valence-corrected chi connectivity index (χ0v) is 12.9. The number of pyridine rings is 1. The molecule has 0 fully saturated rings. The molecule has 3 aromatic rings. The van der Waals surface area contributed by atoms with Gasteiger partial charge in [-0.05, 0) is 11.6 Å². The molecule has 0 unspecified atom stereocenters. The van der Waals surface area contributed by atoms with Gasteiger partial charge in [-0.1, -0.05) is 30.3 Å². The maximum absolute atomic E-state index is 11.8. The van der Waals surface area contributed by atoms with Gasteiger partial charge < -0.3 is 10.1 Å². The predicted octanol–water partition coefficient (Wildman–Crippen LogP) is 3.01. The van der Waals surface area contributed by atoms with Crippen LogP contribution < -0.4 is 5.32 Å². The van der Waals surface area contributed by atoms with Gasteiger partial charge in [-0.3, -0.25) is 9.67 Å². The normalized spacial score (nSPS) is 10.3. The second kappa shape index (κ2) is 6.31. The minimum Gasteiger partial charge on any atom is -0.465 e. The molecule has 0 aliphatic carbocycles. The van der Waals surface area contributed by atoms with Gasteiger partial charge in [0, 0.05) is 19.3 Å². The number of nitrogens with zero attached hydrogens (tertiary/aromatic N) is 3. The Balaban J connectivity index is 1.92. The van der Waals surface area contributed by atoms with Crippen LogP contribution in [0, 0.1) is 0 Å². The SMILES string of the molecule is COC(=O)c1ccncc1Nc1cc(-c2ccccc2)n(C)n1. The second-order valence-corrected chi connectivity index (χ2v) is 4.94. The van der Waals surface area contributed by atoms with Crippen LogP contribution in [0.1, 0.15) is 10.4 Å². The summed E-state index contributed by atoms with van der Waals surface area (Å²) in [6.07, 6.45) is 3.12. The lowest BCUT2D eigenvalue weighted by Crippen LogP contribution is -2.06. The molecule has 2 heterocycles. The van der Waals surface area contributed by atoms with Crippen molar-refractivity contribution in [3.8, 4) is 11.3 Å². The van der Waals surface area contributed by atoms with Gasteiger partial charge >= 0.3 is 5.97 Å². The number of aromatic nitrogens is 3. The first kappa shape index (κ1) is 14.8. The minimum atomic E-state index is -0.422. The van der Waals surface area contributed by atoms with Crippen LogP contribution in [0.25, 0.3) is 11.3 Å². The van der Waals surface area contributed by atoms with Crippen LogP contribution in [0.3, 0.4) is 0 Å². The predicted molar refractivity (Wildman–Crippen MR) is 87.5 cm³/mol. The Morgan fingerprint density at radius 1 is 1.22 bits per heavy atom. The molecule has 1 aromatic carbocycles. The van der Waals surface area contributed by atoms with E-state index in [9.17, 15) is 4.79 Å². The second-order valence-electron chi connectivity index (χ2n) is 4.94. The summed E-state index contributed by atoms with van der Waals surface area (Å²) in [5.41, 5.74) is 3.00. The van der Waals surface area contributed by atoms with Crippen LogP contribution in [0.2, 0.25) is 0 Å². The summed E-state index contributed by atoms with van der Waals surface area (Å²) in [4.78, 5) is 15.8. The van der Waals surface area contributed by atoms with Crippen molar-refractivity contribution < 1.29 is 9.53 Å². The molecule has 0 bridgehead atoms. The molecule has 0 spiro atoms. The summed E-state index contributed by atoms with van der Waals surface area (Å²) in [6.45, 7) is 0. The number of anilines is 2. The van der Waals surface area contributed by atoms with Crippen molar-refractivity contribution in [3.05, 3.63) is 60.4 Å². The van der Waals surface area contributed by atoms with Gasteiger partial charge in [0.15, 0.2) is 5.82 Å². The van der Waals surface area contributed by atoms with E-state index in [1.807, 2.05) is 43.4 Å². The van der Waals surface area contributed by atoms with Crippen LogP contribution in [0.15, 0.2) is 54.9 Å². The molecule has 116 valence electrons. The van der Waals surface area contributed by atoms with Gasteiger partial charge in [-0.2, -0.15) is 5.10 Å². The Morgan fingerprint density at radius 2 is 2.00 bits per heavy atom. The molecule has 2 aromatic heterocycles. The first-order valence-electron chi connectivity index (χ1n) is 7.08. The summed E-state index contributed by atoms with van der Waals surface area (Å²) >= 11 is 0. The van der Waals surface area contributed by atoms with E-state index in [0.29, 0.717) is 17.1 Å². The first-order valence-corrected chi connectivity index (χ1v) is 7.08. The Hall–Kier alpha value is -3.15. The number of rotatable bonds is 4. The Morgan fingerprint density at radius 3 is 2.74 bits per heavy atom. The molecular formula is C17H16N4O2. The van der Waals surface area contributed by atoms with Crippen molar-refractivity contribution in [2.45, 2.75) is 0 Å². The quantitative estimate of drug-likeness (QED) is 0.750. The molecule has 0 aliphatic heterocycles. The van der Waals surface area contributed by atoms with Crippen molar-refractivity contribution in [1.29, 1.82) is 0 Å². The lowest BCUT2D eigenvalue weighted by atomic mass is 10.1. The Labute approximate surface area is 133 Å². The van der Waals surface area contributed by atoms with E-state index in [2.05, 4.69) is 15.4 Å². The van der Waals surface area contributed by atoms with Gasteiger partial charge in [0.1, 0.15) is 0 Å². The van der Waals surface area contributed by atoms with E-state index in [1.165, 1.54) is 7.11 Å². The standard InChI is InChI=1S/C17H16N4O2/c1-21-15(12-6-4-3-5-7-12)10-16(20-21)19-14-11-18-9-8-13(14)17(22)23-2/h3-11H,1-2H3,(H,19,20). The number of methoxy groups -OCH3 is 1. The van der Waals surface area contributed by atoms with E-state index < -0.39 is 5.97 Å². The van der Waals surface area contributed by atoms with Gasteiger partial charge in [0.2, 0.25) is 0 Å². The average molecular weight is 308 g/mol. The number of hydrogen-bond donors (Lipinski definition) is 1. The zero-order valence-electron chi connectivity index (χ0n) is 12.9. The number of carbonyl (C=O) groups is 1. The molecule has 0 saturated carbocycles. The van der Waals surface area contributed by atoms with Crippen molar-refractivity contribution >= 4 is 17.5 Å². The number of ether oxygens (including phenoxy) is 1. The topological polar surface area (TPSA) is 69.0 Å². The maximum Gasteiger partial charge on any atom is 0.340 e. The van der Waals surface area contributed by atoms with Crippen molar-refractivity contribution in [1.82, 2.24) is 14.8 Å². The summed E-state index contributed by atoms with van der Waals surface area (Å²) < 4.78 is 6.56. The fourth-order valence-corrected chi connectivity index (χ4v) is 2.33. The highest BCUT2D eigenvalue weighted by Gasteiger charge is 2.14. The van der Waals surface area contributed by atoms with Crippen LogP contribution in [-0.4, -0.2) is 27.8 Å². The van der Waals surface area contributed by atoms with E-state index in [0.717, 1.165) is 11.3 Å². The number of carbonyl (C=O) groups excluding carboxylic acids is 1. The molecule has 1 N–H and O–H groups in total. The van der Waals surface area contributed by atoms with Gasteiger partial charge in [0.25, 0.3) is 0 Å². The van der Waals surface area contributed by atoms with E-state index in [-0.39, 0.29) is 0 Å². The zero-order chi connectivity index (χ0) is 16.2. The molecule has 6 heteroatoms. The third-order valence-corrected chi connectivity index (χ3v) is 3.44. The largest absolute Gasteiger partial charge is 0.465 e. The number of hydrogen-bond acceptors (Lipinski definition) is 5.